The van der Waals surface area contributed by atoms with Crippen LogP contribution in [-0.2, 0) is 6.18 Å². The molecule has 1 heterocycles. The summed E-state index contributed by atoms with van der Waals surface area (Å²) in [4.78, 5) is 1.91. The first-order valence-electron chi connectivity index (χ1n) is 6.37. The van der Waals surface area contributed by atoms with E-state index < -0.39 is 23.6 Å². The van der Waals surface area contributed by atoms with Gasteiger partial charge in [0.25, 0.3) is 0 Å². The zero-order valence-electron chi connectivity index (χ0n) is 11.3. The molecule has 0 bridgehead atoms. The minimum atomic E-state index is -4.58. The summed E-state index contributed by atoms with van der Waals surface area (Å²) < 4.78 is 52.3. The molecule has 2 nitrogen and oxygen atoms in total. The molecular formula is C14H17ClF4N2. The van der Waals surface area contributed by atoms with Gasteiger partial charge in [0.15, 0.2) is 0 Å². The van der Waals surface area contributed by atoms with E-state index in [1.54, 1.807) is 0 Å². The van der Waals surface area contributed by atoms with E-state index in [0.29, 0.717) is 32.2 Å². The summed E-state index contributed by atoms with van der Waals surface area (Å²) in [6.07, 6.45) is -3.10. The number of benzene rings is 1. The number of hydrogen-bond acceptors (Lipinski definition) is 2. The van der Waals surface area contributed by atoms with Crippen molar-refractivity contribution in [3.05, 3.63) is 47.8 Å². The van der Waals surface area contributed by atoms with Gasteiger partial charge in [-0.2, -0.15) is 13.2 Å². The van der Waals surface area contributed by atoms with Gasteiger partial charge in [-0.3, -0.25) is 4.90 Å². The smallest absolute Gasteiger partial charge is 0.314 e. The van der Waals surface area contributed by atoms with Crippen LogP contribution in [0.3, 0.4) is 0 Å². The highest BCUT2D eigenvalue weighted by molar-refractivity contribution is 5.85. The first-order valence-corrected chi connectivity index (χ1v) is 6.37. The predicted molar refractivity (Wildman–Crippen MR) is 76.0 cm³/mol. The van der Waals surface area contributed by atoms with Gasteiger partial charge in [0, 0.05) is 26.2 Å². The van der Waals surface area contributed by atoms with Crippen LogP contribution in [0.25, 0.3) is 0 Å². The van der Waals surface area contributed by atoms with Gasteiger partial charge in [-0.1, -0.05) is 12.1 Å². The largest absolute Gasteiger partial charge is 0.416 e. The van der Waals surface area contributed by atoms with Gasteiger partial charge in [0.05, 0.1) is 11.6 Å². The fraction of sp³-hybridized carbons (Fsp3) is 0.429. The molecule has 0 saturated carbocycles. The van der Waals surface area contributed by atoms with Crippen molar-refractivity contribution in [1.82, 2.24) is 10.2 Å². The van der Waals surface area contributed by atoms with E-state index in [9.17, 15) is 17.6 Å². The molecule has 1 N–H and O–H groups in total. The minimum absolute atomic E-state index is 0. The predicted octanol–water partition coefficient (Wildman–Crippen LogP) is 3.40. The Morgan fingerprint density at radius 3 is 2.38 bits per heavy atom. The molecule has 1 aliphatic heterocycles. The molecule has 0 radical (unpaired) electrons. The Hall–Kier alpha value is -1.11. The molecule has 0 unspecified atom stereocenters. The van der Waals surface area contributed by atoms with E-state index in [4.69, 9.17) is 0 Å². The summed E-state index contributed by atoms with van der Waals surface area (Å²) in [5.74, 6) is -0.885. The van der Waals surface area contributed by atoms with Crippen LogP contribution in [0.5, 0.6) is 0 Å². The maximum absolute atomic E-state index is 13.1. The Labute approximate surface area is 127 Å². The molecule has 21 heavy (non-hydrogen) atoms. The van der Waals surface area contributed by atoms with E-state index in [2.05, 4.69) is 11.9 Å². The lowest BCUT2D eigenvalue weighted by molar-refractivity contribution is -0.138. The van der Waals surface area contributed by atoms with Crippen LogP contribution in [0, 0.1) is 5.82 Å². The average Bonchev–Trinajstić information content (AvgIpc) is 2.41. The molecule has 7 heteroatoms. The summed E-state index contributed by atoms with van der Waals surface area (Å²) in [5.41, 5.74) is -0.878. The van der Waals surface area contributed by atoms with E-state index in [1.165, 1.54) is 12.1 Å². The number of hydrogen-bond donors (Lipinski definition) is 1. The molecular weight excluding hydrogens is 308 g/mol. The van der Waals surface area contributed by atoms with Crippen molar-refractivity contribution in [2.45, 2.75) is 12.2 Å². The van der Waals surface area contributed by atoms with Crippen LogP contribution < -0.4 is 5.32 Å². The topological polar surface area (TPSA) is 15.3 Å². The Bertz CT molecular complexity index is 484. The van der Waals surface area contributed by atoms with Crippen molar-refractivity contribution in [3.63, 3.8) is 0 Å². The molecule has 0 aromatic heterocycles. The molecule has 1 aromatic carbocycles. The summed E-state index contributed by atoms with van der Waals surface area (Å²) in [7, 11) is 0. The van der Waals surface area contributed by atoms with Gasteiger partial charge in [-0.15, -0.1) is 19.0 Å². The normalized spacial score (nSPS) is 17.9. The van der Waals surface area contributed by atoms with Gasteiger partial charge < -0.3 is 5.32 Å². The Balaban J connectivity index is 0.00000220. The van der Waals surface area contributed by atoms with Crippen LogP contribution in [-0.4, -0.2) is 31.1 Å². The number of nitrogens with one attached hydrogen (secondary N) is 1. The fourth-order valence-corrected chi connectivity index (χ4v) is 2.46. The van der Waals surface area contributed by atoms with Crippen LogP contribution in [0.1, 0.15) is 17.2 Å². The van der Waals surface area contributed by atoms with Crippen molar-refractivity contribution < 1.29 is 17.6 Å². The minimum Gasteiger partial charge on any atom is -0.314 e. The number of nitrogens with zero attached hydrogens (tertiary/aromatic N) is 1. The quantitative estimate of drug-likeness (QED) is 0.677. The van der Waals surface area contributed by atoms with E-state index in [0.717, 1.165) is 6.07 Å². The Kier molecular flexibility index (Phi) is 6.19. The second kappa shape index (κ2) is 7.24. The molecule has 1 fully saturated rings. The highest BCUT2D eigenvalue weighted by Crippen LogP contribution is 2.37. The molecule has 0 amide bonds. The van der Waals surface area contributed by atoms with Crippen LogP contribution in [0.2, 0.25) is 0 Å². The van der Waals surface area contributed by atoms with Crippen LogP contribution in [0.4, 0.5) is 17.6 Å². The molecule has 2 rings (SSSR count). The summed E-state index contributed by atoms with van der Waals surface area (Å²) in [6.45, 7) is 6.33. The molecule has 1 atom stereocenters. The third kappa shape index (κ3) is 4.18. The molecule has 0 aliphatic carbocycles. The lowest BCUT2D eigenvalue weighted by atomic mass is 9.98. The number of alkyl halides is 3. The lowest BCUT2D eigenvalue weighted by Gasteiger charge is -2.34. The van der Waals surface area contributed by atoms with E-state index in [1.807, 2.05) is 4.90 Å². The standard InChI is InChI=1S/C14H16F4N2.ClH/c1-2-13(20-7-5-19-6-8-20)11-4-3-10(15)9-12(11)14(16,17)18;/h2-4,9,13,19H,1,5-8H2;1H/t13-;/m1./s1. The van der Waals surface area contributed by atoms with Crippen molar-refractivity contribution in [1.29, 1.82) is 0 Å². The first-order chi connectivity index (χ1) is 9.43. The molecule has 118 valence electrons. The van der Waals surface area contributed by atoms with E-state index in [-0.39, 0.29) is 18.0 Å². The first kappa shape index (κ1) is 17.9. The average molecular weight is 325 g/mol. The Morgan fingerprint density at radius 1 is 1.24 bits per heavy atom. The zero-order valence-corrected chi connectivity index (χ0v) is 12.1. The number of halogens is 5. The van der Waals surface area contributed by atoms with E-state index >= 15 is 0 Å². The van der Waals surface area contributed by atoms with Gasteiger partial charge in [0.1, 0.15) is 5.82 Å². The summed E-state index contributed by atoms with van der Waals surface area (Å²) in [5, 5.41) is 3.14. The van der Waals surface area contributed by atoms with Gasteiger partial charge in [-0.25, -0.2) is 4.39 Å². The van der Waals surface area contributed by atoms with Crippen molar-refractivity contribution >= 4 is 12.4 Å². The maximum atomic E-state index is 13.1. The number of rotatable bonds is 3. The second-order valence-electron chi connectivity index (χ2n) is 4.70. The zero-order chi connectivity index (χ0) is 14.8. The van der Waals surface area contributed by atoms with Crippen molar-refractivity contribution in [3.8, 4) is 0 Å². The van der Waals surface area contributed by atoms with Gasteiger partial charge >= 0.3 is 6.18 Å². The summed E-state index contributed by atoms with van der Waals surface area (Å²) >= 11 is 0. The highest BCUT2D eigenvalue weighted by Gasteiger charge is 2.36. The van der Waals surface area contributed by atoms with Crippen molar-refractivity contribution in [2.24, 2.45) is 0 Å². The maximum Gasteiger partial charge on any atom is 0.416 e. The number of piperazine rings is 1. The molecule has 1 saturated heterocycles. The molecule has 1 aliphatic rings. The van der Waals surface area contributed by atoms with Gasteiger partial charge in [-0.05, 0) is 17.7 Å². The SMILES string of the molecule is C=C[C@H](c1ccc(F)cc1C(F)(F)F)N1CCNCC1.Cl. The molecule has 1 aromatic rings. The summed E-state index contributed by atoms with van der Waals surface area (Å²) in [6, 6.07) is 2.25. The third-order valence-electron chi connectivity index (χ3n) is 3.41. The van der Waals surface area contributed by atoms with Crippen LogP contribution in [0.15, 0.2) is 30.9 Å². The third-order valence-corrected chi connectivity index (χ3v) is 3.41. The lowest BCUT2D eigenvalue weighted by Crippen LogP contribution is -2.45. The monoisotopic (exact) mass is 324 g/mol. The van der Waals surface area contributed by atoms with Crippen molar-refractivity contribution in [2.75, 3.05) is 26.2 Å². The highest BCUT2D eigenvalue weighted by atomic mass is 35.5. The molecule has 0 spiro atoms. The second-order valence-corrected chi connectivity index (χ2v) is 4.70. The van der Waals surface area contributed by atoms with Crippen LogP contribution >= 0.6 is 12.4 Å². The fourth-order valence-electron chi connectivity index (χ4n) is 2.46. The Morgan fingerprint density at radius 2 is 1.86 bits per heavy atom. The van der Waals surface area contributed by atoms with Gasteiger partial charge in [0.2, 0.25) is 0 Å².